The highest BCUT2D eigenvalue weighted by atomic mass is 79.9. The number of halogens is 3. The normalized spacial score (nSPS) is 10.5. The molecule has 0 saturated heterocycles. The van der Waals surface area contributed by atoms with E-state index in [0.29, 0.717) is 11.7 Å². The van der Waals surface area contributed by atoms with Gasteiger partial charge in [-0.15, -0.1) is 0 Å². The third-order valence-electron chi connectivity index (χ3n) is 3.55. The van der Waals surface area contributed by atoms with Crippen molar-refractivity contribution >= 4 is 22.8 Å². The SMILES string of the molecule is CC[NH+](CC)CCn1c(C[NH3+])nc2ccc(Cl)nc21.[Br-].[Br-]. The van der Waals surface area contributed by atoms with Gasteiger partial charge in [-0.3, -0.25) is 0 Å². The first-order valence-corrected chi connectivity index (χ1v) is 7.21. The lowest BCUT2D eigenvalue weighted by Gasteiger charge is -2.16. The molecule has 0 aromatic carbocycles. The zero-order chi connectivity index (χ0) is 13.8. The molecule has 8 heteroatoms. The van der Waals surface area contributed by atoms with E-state index in [0.717, 1.165) is 43.2 Å². The molecular formula is C13H22Br2ClN5. The van der Waals surface area contributed by atoms with Crippen LogP contribution in [0.2, 0.25) is 5.15 Å². The summed E-state index contributed by atoms with van der Waals surface area (Å²) in [7, 11) is 0. The maximum absolute atomic E-state index is 5.99. The fraction of sp³-hybridized carbons (Fsp3) is 0.538. The molecule has 0 atom stereocenters. The summed E-state index contributed by atoms with van der Waals surface area (Å²) < 4.78 is 2.15. The first-order chi connectivity index (χ1) is 9.19. The van der Waals surface area contributed by atoms with Gasteiger partial charge in [-0.1, -0.05) is 11.6 Å². The average molecular weight is 444 g/mol. The molecule has 2 rings (SSSR count). The van der Waals surface area contributed by atoms with Crippen LogP contribution < -0.4 is 44.6 Å². The average Bonchev–Trinajstić information content (AvgIpc) is 2.77. The molecule has 0 aliphatic rings. The summed E-state index contributed by atoms with van der Waals surface area (Å²) in [4.78, 5) is 10.5. The standard InChI is InChI=1S/C13H20ClN5.2BrH/c1-3-18(4-2)7-8-19-12(9-15)16-10-5-6-11(14)17-13(10)19;;/h5-6H,3-4,7-9,15H2,1-2H3;2*1H. The van der Waals surface area contributed by atoms with Crippen molar-refractivity contribution in [1.82, 2.24) is 14.5 Å². The lowest BCUT2D eigenvalue weighted by Crippen LogP contribution is -3.11. The van der Waals surface area contributed by atoms with E-state index in [9.17, 15) is 0 Å². The van der Waals surface area contributed by atoms with Gasteiger partial charge in [0.2, 0.25) is 0 Å². The van der Waals surface area contributed by atoms with Crippen molar-refractivity contribution in [3.63, 3.8) is 0 Å². The Kier molecular flexibility index (Phi) is 9.64. The molecule has 21 heavy (non-hydrogen) atoms. The van der Waals surface area contributed by atoms with E-state index in [2.05, 4.69) is 34.1 Å². The molecule has 5 nitrogen and oxygen atoms in total. The van der Waals surface area contributed by atoms with Crippen LogP contribution in [0.5, 0.6) is 0 Å². The first-order valence-electron chi connectivity index (χ1n) is 6.84. The van der Waals surface area contributed by atoms with E-state index < -0.39 is 0 Å². The van der Waals surface area contributed by atoms with Gasteiger partial charge in [-0.25, -0.2) is 9.97 Å². The van der Waals surface area contributed by atoms with Crippen LogP contribution in [0.3, 0.4) is 0 Å². The second kappa shape index (κ2) is 9.74. The largest absolute Gasteiger partial charge is 1.00 e. The zero-order valence-corrected chi connectivity index (χ0v) is 16.3. The highest BCUT2D eigenvalue weighted by molar-refractivity contribution is 6.29. The van der Waals surface area contributed by atoms with Crippen LogP contribution in [0.15, 0.2) is 12.1 Å². The van der Waals surface area contributed by atoms with E-state index in [1.807, 2.05) is 6.07 Å². The number of likely N-dealkylation sites (N-methyl/N-ethyl adjacent to an activating group) is 1. The topological polar surface area (TPSA) is 62.8 Å². The number of nitrogens with one attached hydrogen (secondary N) is 1. The summed E-state index contributed by atoms with van der Waals surface area (Å²) in [5.41, 5.74) is 5.72. The van der Waals surface area contributed by atoms with Gasteiger partial charge >= 0.3 is 0 Å². The van der Waals surface area contributed by atoms with E-state index in [1.165, 1.54) is 0 Å². The summed E-state index contributed by atoms with van der Waals surface area (Å²) in [6, 6.07) is 3.70. The van der Waals surface area contributed by atoms with E-state index in [4.69, 9.17) is 11.6 Å². The van der Waals surface area contributed by atoms with Crippen molar-refractivity contribution in [2.45, 2.75) is 26.9 Å². The lowest BCUT2D eigenvalue weighted by atomic mass is 10.4. The van der Waals surface area contributed by atoms with Gasteiger partial charge in [0.25, 0.3) is 0 Å². The van der Waals surface area contributed by atoms with Gasteiger partial charge in [0, 0.05) is 0 Å². The molecule has 120 valence electrons. The minimum atomic E-state index is 0. The molecule has 0 radical (unpaired) electrons. The van der Waals surface area contributed by atoms with E-state index in [-0.39, 0.29) is 34.0 Å². The summed E-state index contributed by atoms with van der Waals surface area (Å²) in [6.07, 6.45) is 0. The number of pyridine rings is 1. The minimum Gasteiger partial charge on any atom is -1.00 e. The van der Waals surface area contributed by atoms with Crippen molar-refractivity contribution in [3.8, 4) is 0 Å². The molecule has 0 unspecified atom stereocenters. The van der Waals surface area contributed by atoms with Crippen molar-refractivity contribution in [2.75, 3.05) is 19.6 Å². The number of rotatable bonds is 6. The second-order valence-electron chi connectivity index (χ2n) is 4.61. The fourth-order valence-electron chi connectivity index (χ4n) is 2.32. The maximum Gasteiger partial charge on any atom is 0.166 e. The zero-order valence-electron chi connectivity index (χ0n) is 12.4. The highest BCUT2D eigenvalue weighted by Crippen LogP contribution is 2.16. The Morgan fingerprint density at radius 1 is 1.19 bits per heavy atom. The molecule has 0 amide bonds. The number of aromatic nitrogens is 3. The Morgan fingerprint density at radius 2 is 1.86 bits per heavy atom. The Morgan fingerprint density at radius 3 is 2.43 bits per heavy atom. The van der Waals surface area contributed by atoms with Crippen LogP contribution >= 0.6 is 11.6 Å². The van der Waals surface area contributed by atoms with Crippen LogP contribution in [0.1, 0.15) is 19.7 Å². The van der Waals surface area contributed by atoms with Gasteiger partial charge in [0.1, 0.15) is 17.2 Å². The number of fused-ring (bicyclic) bond motifs is 1. The predicted molar refractivity (Wildman–Crippen MR) is 76.0 cm³/mol. The fourth-order valence-corrected chi connectivity index (χ4v) is 2.47. The van der Waals surface area contributed by atoms with Gasteiger partial charge in [-0.2, -0.15) is 0 Å². The molecular weight excluding hydrogens is 421 g/mol. The van der Waals surface area contributed by atoms with Gasteiger partial charge in [0.05, 0.1) is 26.2 Å². The van der Waals surface area contributed by atoms with Crippen molar-refractivity contribution in [2.24, 2.45) is 0 Å². The summed E-state index contributed by atoms with van der Waals surface area (Å²) in [5, 5.41) is 0.513. The monoisotopic (exact) mass is 441 g/mol. The van der Waals surface area contributed by atoms with Crippen LogP contribution in [0, 0.1) is 0 Å². The number of nitrogens with zero attached hydrogens (tertiary/aromatic N) is 3. The third-order valence-corrected chi connectivity index (χ3v) is 3.76. The van der Waals surface area contributed by atoms with Crippen LogP contribution in [0.25, 0.3) is 11.2 Å². The van der Waals surface area contributed by atoms with Crippen molar-refractivity contribution < 1.29 is 44.6 Å². The molecule has 2 heterocycles. The number of hydrogen-bond donors (Lipinski definition) is 2. The third kappa shape index (κ3) is 4.89. The number of hydrogen-bond acceptors (Lipinski definition) is 2. The molecule has 4 N–H and O–H groups in total. The Labute approximate surface area is 151 Å². The minimum absolute atomic E-state index is 0. The second-order valence-corrected chi connectivity index (χ2v) is 5.00. The summed E-state index contributed by atoms with van der Waals surface area (Å²) >= 11 is 5.99. The smallest absolute Gasteiger partial charge is 0.166 e. The highest BCUT2D eigenvalue weighted by Gasteiger charge is 2.14. The molecule has 0 aliphatic carbocycles. The molecule has 0 saturated carbocycles. The van der Waals surface area contributed by atoms with Crippen molar-refractivity contribution in [3.05, 3.63) is 23.1 Å². The Bertz CT molecular complexity index is 557. The van der Waals surface area contributed by atoms with Crippen LogP contribution in [-0.4, -0.2) is 34.2 Å². The van der Waals surface area contributed by atoms with Gasteiger partial charge in [0.15, 0.2) is 11.5 Å². The molecule has 0 aliphatic heterocycles. The number of imidazole rings is 1. The molecule has 0 bridgehead atoms. The molecule has 2 aromatic rings. The van der Waals surface area contributed by atoms with Crippen molar-refractivity contribution in [1.29, 1.82) is 0 Å². The first kappa shape index (κ1) is 20.8. The van der Waals surface area contributed by atoms with Gasteiger partial charge < -0.3 is 49.2 Å². The van der Waals surface area contributed by atoms with E-state index in [1.54, 1.807) is 11.0 Å². The quantitative estimate of drug-likeness (QED) is 0.437. The maximum atomic E-state index is 5.99. The summed E-state index contributed by atoms with van der Waals surface area (Å²) in [5.74, 6) is 0.983. The molecule has 2 aromatic heterocycles. The van der Waals surface area contributed by atoms with E-state index >= 15 is 0 Å². The predicted octanol–water partition coefficient (Wildman–Crippen LogP) is -6.24. The Balaban J connectivity index is 0.00000200. The number of quaternary nitrogens is 2. The summed E-state index contributed by atoms with van der Waals surface area (Å²) in [6.45, 7) is 9.34. The molecule has 0 fully saturated rings. The van der Waals surface area contributed by atoms with Crippen LogP contribution in [0.4, 0.5) is 0 Å². The van der Waals surface area contributed by atoms with Crippen LogP contribution in [-0.2, 0) is 13.1 Å². The lowest BCUT2D eigenvalue weighted by molar-refractivity contribution is -0.897. The molecule has 0 spiro atoms. The Hall–Kier alpha value is -0.210. The van der Waals surface area contributed by atoms with Gasteiger partial charge in [-0.05, 0) is 26.0 Å².